The van der Waals surface area contributed by atoms with Crippen LogP contribution in [-0.2, 0) is 21.2 Å². The number of nitrogens with one attached hydrogen (secondary N) is 2. The molecule has 0 aromatic heterocycles. The second-order valence-corrected chi connectivity index (χ2v) is 11.1. The van der Waals surface area contributed by atoms with Gasteiger partial charge in [-0.05, 0) is 74.7 Å². The summed E-state index contributed by atoms with van der Waals surface area (Å²) in [4.78, 5) is 19.3. The third-order valence-electron chi connectivity index (χ3n) is 6.72. The second-order valence-electron chi connectivity index (χ2n) is 9.37. The number of fused-ring (bicyclic) bond motifs is 1. The molecule has 2 aliphatic rings. The van der Waals surface area contributed by atoms with E-state index in [9.17, 15) is 22.7 Å². The number of hydrogen-bond donors (Lipinski definition) is 3. The van der Waals surface area contributed by atoms with E-state index in [0.717, 1.165) is 42.4 Å². The minimum Gasteiger partial charge on any atom is -0.494 e. The van der Waals surface area contributed by atoms with Crippen LogP contribution in [0.3, 0.4) is 0 Å². The van der Waals surface area contributed by atoms with E-state index in [-0.39, 0.29) is 28.4 Å². The first kappa shape index (κ1) is 26.5. The summed E-state index contributed by atoms with van der Waals surface area (Å²) in [6.45, 7) is 6.36. The van der Waals surface area contributed by atoms with Crippen molar-refractivity contribution in [2.75, 3.05) is 42.5 Å². The molecule has 2 heterocycles. The van der Waals surface area contributed by atoms with Gasteiger partial charge in [-0.3, -0.25) is 4.79 Å². The standard InChI is InChI=1S/C26H32FN5O4S/c1-18(28)16-25(33)29-37(35,36)23-8-6-22(7-9-23)30-12-14-31(15-13-30)26(34)19(2)32-11-3-4-20-17-21(27)5-10-24(20)32/h5-10,16-17,19,28-29,33H,3-4,11-15H2,1-2H3/b25-16-,28-18?/t19-/m1/s1. The van der Waals surface area contributed by atoms with E-state index in [1.54, 1.807) is 24.3 Å². The molecule has 1 fully saturated rings. The normalized spacial score (nSPS) is 17.3. The van der Waals surface area contributed by atoms with Gasteiger partial charge in [-0.25, -0.2) is 17.5 Å². The number of allylic oxidation sites excluding steroid dienone is 1. The van der Waals surface area contributed by atoms with Crippen LogP contribution in [0.1, 0.15) is 25.8 Å². The van der Waals surface area contributed by atoms with Crippen molar-refractivity contribution in [1.82, 2.24) is 9.62 Å². The molecule has 1 saturated heterocycles. The first-order chi connectivity index (χ1) is 17.5. The number of halogens is 1. The summed E-state index contributed by atoms with van der Waals surface area (Å²) in [5.74, 6) is -0.838. The minimum absolute atomic E-state index is 0.0110. The molecule has 0 radical (unpaired) electrons. The Bertz CT molecular complexity index is 1300. The first-order valence-corrected chi connectivity index (χ1v) is 13.7. The highest BCUT2D eigenvalue weighted by molar-refractivity contribution is 7.89. The van der Waals surface area contributed by atoms with Gasteiger partial charge < -0.3 is 25.2 Å². The molecular weight excluding hydrogens is 497 g/mol. The summed E-state index contributed by atoms with van der Waals surface area (Å²) in [6, 6.07) is 10.7. The van der Waals surface area contributed by atoms with Gasteiger partial charge in [-0.2, -0.15) is 0 Å². The molecule has 0 aliphatic carbocycles. The number of hydrogen-bond acceptors (Lipinski definition) is 7. The highest BCUT2D eigenvalue weighted by atomic mass is 32.2. The Morgan fingerprint density at radius 1 is 1.11 bits per heavy atom. The molecule has 2 aromatic carbocycles. The molecule has 0 unspecified atom stereocenters. The fraction of sp³-hybridized carbons (Fsp3) is 0.385. The maximum atomic E-state index is 13.7. The number of aliphatic hydroxyl groups is 1. The number of aliphatic hydroxyl groups excluding tert-OH is 1. The molecule has 11 heteroatoms. The summed E-state index contributed by atoms with van der Waals surface area (Å²) in [5, 5.41) is 17.0. The van der Waals surface area contributed by atoms with Crippen LogP contribution in [0.25, 0.3) is 0 Å². The van der Waals surface area contributed by atoms with Crippen LogP contribution in [0.5, 0.6) is 0 Å². The average Bonchev–Trinajstić information content (AvgIpc) is 2.86. The predicted octanol–water partition coefficient (Wildman–Crippen LogP) is 3.03. The summed E-state index contributed by atoms with van der Waals surface area (Å²) < 4.78 is 40.6. The largest absolute Gasteiger partial charge is 0.494 e. The monoisotopic (exact) mass is 529 g/mol. The van der Waals surface area contributed by atoms with E-state index in [4.69, 9.17) is 5.41 Å². The van der Waals surface area contributed by atoms with Crippen molar-refractivity contribution in [3.63, 3.8) is 0 Å². The SMILES string of the molecule is CC(=N)/C=C(\O)NS(=O)(=O)c1ccc(N2CCN(C(=O)[C@@H](C)N3CCCc4cc(F)ccc43)CC2)cc1. The van der Waals surface area contributed by atoms with E-state index in [0.29, 0.717) is 26.2 Å². The molecule has 4 rings (SSSR count). The third-order valence-corrected chi connectivity index (χ3v) is 8.09. The van der Waals surface area contributed by atoms with Crippen molar-refractivity contribution in [2.45, 2.75) is 37.6 Å². The Morgan fingerprint density at radius 3 is 2.43 bits per heavy atom. The Balaban J connectivity index is 1.36. The highest BCUT2D eigenvalue weighted by Gasteiger charge is 2.31. The van der Waals surface area contributed by atoms with Crippen molar-refractivity contribution in [2.24, 2.45) is 0 Å². The summed E-state index contributed by atoms with van der Waals surface area (Å²) in [6.07, 6.45) is 2.69. The molecule has 9 nitrogen and oxygen atoms in total. The van der Waals surface area contributed by atoms with Gasteiger partial charge in [0.1, 0.15) is 11.9 Å². The fourth-order valence-electron chi connectivity index (χ4n) is 4.85. The number of piperazine rings is 1. The van der Waals surface area contributed by atoms with Crippen LogP contribution in [0.4, 0.5) is 15.8 Å². The maximum absolute atomic E-state index is 13.7. The molecule has 198 valence electrons. The lowest BCUT2D eigenvalue weighted by atomic mass is 9.99. The van der Waals surface area contributed by atoms with Crippen molar-refractivity contribution in [1.29, 1.82) is 5.41 Å². The van der Waals surface area contributed by atoms with Gasteiger partial charge >= 0.3 is 0 Å². The molecule has 2 aliphatic heterocycles. The third kappa shape index (κ3) is 6.04. The first-order valence-electron chi connectivity index (χ1n) is 12.2. The zero-order valence-corrected chi connectivity index (χ0v) is 21.8. The summed E-state index contributed by atoms with van der Waals surface area (Å²) >= 11 is 0. The van der Waals surface area contributed by atoms with E-state index in [2.05, 4.69) is 9.80 Å². The van der Waals surface area contributed by atoms with Gasteiger partial charge in [0.2, 0.25) is 5.91 Å². The smallest absolute Gasteiger partial charge is 0.264 e. The van der Waals surface area contributed by atoms with E-state index >= 15 is 0 Å². The van der Waals surface area contributed by atoms with E-state index < -0.39 is 15.9 Å². The Morgan fingerprint density at radius 2 is 1.78 bits per heavy atom. The van der Waals surface area contributed by atoms with Gasteiger partial charge in [0.15, 0.2) is 5.88 Å². The highest BCUT2D eigenvalue weighted by Crippen LogP contribution is 2.30. The van der Waals surface area contributed by atoms with Gasteiger partial charge in [0.05, 0.1) is 4.90 Å². The fourth-order valence-corrected chi connectivity index (χ4v) is 5.79. The number of sulfonamides is 1. The van der Waals surface area contributed by atoms with Crippen molar-refractivity contribution >= 4 is 33.0 Å². The number of nitrogens with zero attached hydrogens (tertiary/aromatic N) is 3. The molecule has 1 atom stereocenters. The molecule has 0 saturated carbocycles. The summed E-state index contributed by atoms with van der Waals surface area (Å²) in [7, 11) is -3.98. The maximum Gasteiger partial charge on any atom is 0.264 e. The number of rotatable bonds is 7. The number of benzene rings is 2. The number of amides is 1. The van der Waals surface area contributed by atoms with Gasteiger partial charge in [0, 0.05) is 55.9 Å². The van der Waals surface area contributed by atoms with E-state index in [1.807, 2.05) is 16.5 Å². The molecule has 3 N–H and O–H groups in total. The molecule has 0 spiro atoms. The van der Waals surface area contributed by atoms with Gasteiger partial charge in [-0.15, -0.1) is 0 Å². The van der Waals surface area contributed by atoms with Crippen LogP contribution in [-0.4, -0.2) is 68.8 Å². The quantitative estimate of drug-likeness (QED) is 0.375. The van der Waals surface area contributed by atoms with Crippen LogP contribution in [0, 0.1) is 11.2 Å². The lowest BCUT2D eigenvalue weighted by Gasteiger charge is -2.41. The van der Waals surface area contributed by atoms with Crippen LogP contribution in [0.2, 0.25) is 0 Å². The lowest BCUT2D eigenvalue weighted by Crippen LogP contribution is -2.55. The summed E-state index contributed by atoms with van der Waals surface area (Å²) in [5.41, 5.74) is 2.71. The topological polar surface area (TPSA) is 117 Å². The molecule has 2 aromatic rings. The number of carbonyl (C=O) groups is 1. The zero-order valence-electron chi connectivity index (χ0n) is 20.9. The molecule has 0 bridgehead atoms. The predicted molar refractivity (Wildman–Crippen MR) is 141 cm³/mol. The number of carbonyl (C=O) groups excluding carboxylic acids is 1. The Hall–Kier alpha value is -3.60. The molecule has 1 amide bonds. The van der Waals surface area contributed by atoms with Crippen molar-refractivity contribution < 1.29 is 22.7 Å². The van der Waals surface area contributed by atoms with Crippen molar-refractivity contribution in [3.05, 3.63) is 65.8 Å². The molecular formula is C26H32FN5O4S. The van der Waals surface area contributed by atoms with E-state index in [1.165, 1.54) is 25.1 Å². The van der Waals surface area contributed by atoms with Gasteiger partial charge in [-0.1, -0.05) is 0 Å². The minimum atomic E-state index is -3.98. The zero-order chi connectivity index (χ0) is 26.7. The van der Waals surface area contributed by atoms with Crippen LogP contribution in [0.15, 0.2) is 59.3 Å². The number of aryl methyl sites for hydroxylation is 1. The number of anilines is 2. The average molecular weight is 530 g/mol. The second kappa shape index (κ2) is 10.8. The molecule has 37 heavy (non-hydrogen) atoms. The van der Waals surface area contributed by atoms with Crippen molar-refractivity contribution in [3.8, 4) is 0 Å². The Kier molecular flexibility index (Phi) is 7.72. The van der Waals surface area contributed by atoms with Gasteiger partial charge in [0.25, 0.3) is 10.0 Å². The lowest BCUT2D eigenvalue weighted by molar-refractivity contribution is -0.132. The van der Waals surface area contributed by atoms with Crippen LogP contribution < -0.4 is 14.5 Å². The van der Waals surface area contributed by atoms with Crippen LogP contribution >= 0.6 is 0 Å². The Labute approximate surface area is 216 Å².